The standard InChI is InChI=1S/C20H25NO5/c1-20(21-17(22)11-15(19(21)25)12-18(23)24)10-6-5-9-16(20)26-13-14-7-3-2-4-8-14/h2-4,7-8,15-16H,5-6,9-13H2,1H3,(H,23,24)/t15-,16-,20-/m1/s1. The van der Waals surface area contributed by atoms with Gasteiger partial charge in [0, 0.05) is 6.42 Å². The third-order valence-electron chi connectivity index (χ3n) is 5.56. The molecule has 1 saturated heterocycles. The maximum absolute atomic E-state index is 12.8. The van der Waals surface area contributed by atoms with Crippen LogP contribution in [0.15, 0.2) is 30.3 Å². The van der Waals surface area contributed by atoms with Gasteiger partial charge in [-0.1, -0.05) is 43.2 Å². The second-order valence-electron chi connectivity index (χ2n) is 7.45. The molecule has 3 rings (SSSR count). The highest BCUT2D eigenvalue weighted by Crippen LogP contribution is 2.40. The molecular weight excluding hydrogens is 334 g/mol. The van der Waals surface area contributed by atoms with Gasteiger partial charge in [0.2, 0.25) is 11.8 Å². The minimum Gasteiger partial charge on any atom is -0.481 e. The Hall–Kier alpha value is -2.21. The second kappa shape index (κ2) is 7.58. The van der Waals surface area contributed by atoms with Gasteiger partial charge in [0.05, 0.1) is 30.6 Å². The number of benzene rings is 1. The molecule has 1 N–H and O–H groups in total. The van der Waals surface area contributed by atoms with Crippen LogP contribution in [0, 0.1) is 5.92 Å². The lowest BCUT2D eigenvalue weighted by Crippen LogP contribution is -2.59. The molecule has 140 valence electrons. The van der Waals surface area contributed by atoms with Gasteiger partial charge in [-0.2, -0.15) is 0 Å². The minimum atomic E-state index is -1.05. The van der Waals surface area contributed by atoms with Gasteiger partial charge >= 0.3 is 5.97 Å². The third kappa shape index (κ3) is 3.65. The number of likely N-dealkylation sites (tertiary alicyclic amines) is 1. The van der Waals surface area contributed by atoms with Crippen molar-refractivity contribution in [2.24, 2.45) is 5.92 Å². The predicted molar refractivity (Wildman–Crippen MR) is 94.1 cm³/mol. The summed E-state index contributed by atoms with van der Waals surface area (Å²) in [4.78, 5) is 37.6. The summed E-state index contributed by atoms with van der Waals surface area (Å²) in [5, 5.41) is 8.99. The van der Waals surface area contributed by atoms with Crippen LogP contribution < -0.4 is 0 Å². The van der Waals surface area contributed by atoms with Crippen molar-refractivity contribution in [2.75, 3.05) is 0 Å². The van der Waals surface area contributed by atoms with E-state index >= 15 is 0 Å². The summed E-state index contributed by atoms with van der Waals surface area (Å²) in [7, 11) is 0. The Labute approximate surface area is 153 Å². The molecular formula is C20H25NO5. The lowest BCUT2D eigenvalue weighted by atomic mass is 9.79. The molecule has 1 aliphatic heterocycles. The molecule has 1 aliphatic carbocycles. The van der Waals surface area contributed by atoms with Gasteiger partial charge in [-0.15, -0.1) is 0 Å². The van der Waals surface area contributed by atoms with Gasteiger partial charge in [-0.25, -0.2) is 0 Å². The van der Waals surface area contributed by atoms with Crippen molar-refractivity contribution >= 4 is 17.8 Å². The van der Waals surface area contributed by atoms with Crippen molar-refractivity contribution in [3.8, 4) is 0 Å². The fraction of sp³-hybridized carbons (Fsp3) is 0.550. The highest BCUT2D eigenvalue weighted by molar-refractivity contribution is 6.05. The van der Waals surface area contributed by atoms with Crippen molar-refractivity contribution in [1.82, 2.24) is 4.90 Å². The number of aliphatic carboxylic acids is 1. The number of carboxylic acid groups (broad SMARTS) is 1. The molecule has 2 fully saturated rings. The van der Waals surface area contributed by atoms with E-state index in [0.29, 0.717) is 13.0 Å². The van der Waals surface area contributed by atoms with E-state index in [2.05, 4.69) is 0 Å². The quantitative estimate of drug-likeness (QED) is 0.790. The molecule has 0 spiro atoms. The summed E-state index contributed by atoms with van der Waals surface area (Å²) < 4.78 is 6.15. The SMILES string of the molecule is C[C@@]1(N2C(=O)C[C@H](CC(=O)O)C2=O)CCCC[C@H]1OCc1ccccc1. The van der Waals surface area contributed by atoms with Crippen molar-refractivity contribution in [2.45, 2.75) is 63.7 Å². The number of carbonyl (C=O) groups excluding carboxylic acids is 2. The number of rotatable bonds is 6. The fourth-order valence-corrected chi connectivity index (χ4v) is 4.18. The summed E-state index contributed by atoms with van der Waals surface area (Å²) in [6, 6.07) is 9.80. The molecule has 26 heavy (non-hydrogen) atoms. The molecule has 0 bridgehead atoms. The zero-order valence-corrected chi connectivity index (χ0v) is 15.0. The highest BCUT2D eigenvalue weighted by Gasteiger charge is 2.52. The Balaban J connectivity index is 1.77. The number of imide groups is 1. The topological polar surface area (TPSA) is 83.9 Å². The number of hydrogen-bond donors (Lipinski definition) is 1. The number of carbonyl (C=O) groups is 3. The van der Waals surface area contributed by atoms with Crippen molar-refractivity contribution in [3.63, 3.8) is 0 Å². The second-order valence-corrected chi connectivity index (χ2v) is 7.45. The molecule has 0 unspecified atom stereocenters. The van der Waals surface area contributed by atoms with Crippen molar-refractivity contribution in [1.29, 1.82) is 0 Å². The number of ether oxygens (including phenoxy) is 1. The zero-order chi connectivity index (χ0) is 18.7. The Morgan fingerprint density at radius 1 is 1.27 bits per heavy atom. The molecule has 6 nitrogen and oxygen atoms in total. The van der Waals surface area contributed by atoms with E-state index in [1.54, 1.807) is 0 Å². The lowest BCUT2D eigenvalue weighted by molar-refractivity contribution is -0.159. The average Bonchev–Trinajstić information content (AvgIpc) is 2.88. The maximum atomic E-state index is 12.8. The number of amides is 2. The minimum absolute atomic E-state index is 0.0217. The van der Waals surface area contributed by atoms with E-state index in [0.717, 1.165) is 24.8 Å². The first-order valence-corrected chi connectivity index (χ1v) is 9.16. The third-order valence-corrected chi connectivity index (χ3v) is 5.56. The molecule has 1 saturated carbocycles. The van der Waals surface area contributed by atoms with Crippen molar-refractivity contribution < 1.29 is 24.2 Å². The van der Waals surface area contributed by atoms with Crippen LogP contribution in [0.5, 0.6) is 0 Å². The largest absolute Gasteiger partial charge is 0.481 e. The number of hydrogen-bond acceptors (Lipinski definition) is 4. The Bertz CT molecular complexity index is 689. The predicted octanol–water partition coefficient (Wildman–Crippen LogP) is 2.75. The van der Waals surface area contributed by atoms with E-state index in [4.69, 9.17) is 9.84 Å². The molecule has 1 heterocycles. The normalized spacial score (nSPS) is 29.2. The molecule has 6 heteroatoms. The molecule has 2 amide bonds. The van der Waals surface area contributed by atoms with Crippen LogP contribution in [-0.2, 0) is 25.7 Å². The van der Waals surface area contributed by atoms with Crippen LogP contribution in [0.4, 0.5) is 0 Å². The molecule has 0 aromatic heterocycles. The highest BCUT2D eigenvalue weighted by atomic mass is 16.5. The first-order valence-electron chi connectivity index (χ1n) is 9.16. The van der Waals surface area contributed by atoms with Gasteiger partial charge in [0.25, 0.3) is 0 Å². The number of nitrogens with zero attached hydrogens (tertiary/aromatic N) is 1. The van der Waals surface area contributed by atoms with E-state index in [1.807, 2.05) is 37.3 Å². The van der Waals surface area contributed by atoms with E-state index in [9.17, 15) is 14.4 Å². The first kappa shape index (κ1) is 18.6. The van der Waals surface area contributed by atoms with E-state index in [1.165, 1.54) is 4.90 Å². The monoisotopic (exact) mass is 359 g/mol. The van der Waals surface area contributed by atoms with Crippen LogP contribution in [-0.4, -0.2) is 39.4 Å². The van der Waals surface area contributed by atoms with Gasteiger partial charge in [0.15, 0.2) is 0 Å². The molecule has 1 aromatic rings. The number of carboxylic acids is 1. The summed E-state index contributed by atoms with van der Waals surface area (Å²) in [5.41, 5.74) is 0.331. The summed E-state index contributed by atoms with van der Waals surface area (Å²) in [6.07, 6.45) is 2.81. The van der Waals surface area contributed by atoms with Crippen LogP contribution in [0.25, 0.3) is 0 Å². The average molecular weight is 359 g/mol. The van der Waals surface area contributed by atoms with Crippen LogP contribution >= 0.6 is 0 Å². The van der Waals surface area contributed by atoms with Crippen LogP contribution in [0.2, 0.25) is 0 Å². The van der Waals surface area contributed by atoms with Gasteiger partial charge in [-0.05, 0) is 25.3 Å². The van der Waals surface area contributed by atoms with E-state index < -0.39 is 17.4 Å². The summed E-state index contributed by atoms with van der Waals surface area (Å²) >= 11 is 0. The lowest BCUT2D eigenvalue weighted by Gasteiger charge is -2.46. The maximum Gasteiger partial charge on any atom is 0.304 e. The zero-order valence-electron chi connectivity index (χ0n) is 15.0. The molecule has 2 aliphatic rings. The van der Waals surface area contributed by atoms with Crippen molar-refractivity contribution in [3.05, 3.63) is 35.9 Å². The molecule has 3 atom stereocenters. The fourth-order valence-electron chi connectivity index (χ4n) is 4.18. The van der Waals surface area contributed by atoms with Gasteiger partial charge < -0.3 is 9.84 Å². The van der Waals surface area contributed by atoms with E-state index in [-0.39, 0.29) is 30.8 Å². The molecule has 0 radical (unpaired) electrons. The Kier molecular flexibility index (Phi) is 5.41. The molecule has 1 aromatic carbocycles. The van der Waals surface area contributed by atoms with Crippen LogP contribution in [0.1, 0.15) is 51.0 Å². The Morgan fingerprint density at radius 2 is 2.00 bits per heavy atom. The van der Waals surface area contributed by atoms with Gasteiger partial charge in [-0.3, -0.25) is 19.3 Å². The first-order chi connectivity index (χ1) is 12.4. The van der Waals surface area contributed by atoms with Gasteiger partial charge in [0.1, 0.15) is 0 Å². The summed E-state index contributed by atoms with van der Waals surface area (Å²) in [5.74, 6) is -2.45. The Morgan fingerprint density at radius 3 is 2.69 bits per heavy atom. The smallest absolute Gasteiger partial charge is 0.304 e. The summed E-state index contributed by atoms with van der Waals surface area (Å²) in [6.45, 7) is 2.33. The van der Waals surface area contributed by atoms with Crippen LogP contribution in [0.3, 0.4) is 0 Å².